The van der Waals surface area contributed by atoms with Crippen LogP contribution in [0, 0.1) is 13.8 Å². The van der Waals surface area contributed by atoms with Crippen molar-refractivity contribution in [1.29, 1.82) is 0 Å². The SMILES string of the molecule is CCC(N)Cc1ccc(Sc2n[nH]c(C)n2)c(C)c1. The summed E-state index contributed by atoms with van der Waals surface area (Å²) in [6.07, 6.45) is 1.94. The lowest BCUT2D eigenvalue weighted by molar-refractivity contribution is 0.646. The minimum Gasteiger partial charge on any atom is -0.327 e. The van der Waals surface area contributed by atoms with E-state index in [4.69, 9.17) is 5.73 Å². The highest BCUT2D eigenvalue weighted by atomic mass is 32.2. The van der Waals surface area contributed by atoms with Gasteiger partial charge in [0.2, 0.25) is 5.16 Å². The predicted molar refractivity (Wildman–Crippen MR) is 78.4 cm³/mol. The third kappa shape index (κ3) is 3.81. The van der Waals surface area contributed by atoms with Crippen LogP contribution in [0.2, 0.25) is 0 Å². The highest BCUT2D eigenvalue weighted by molar-refractivity contribution is 7.99. The van der Waals surface area contributed by atoms with Crippen molar-refractivity contribution in [2.24, 2.45) is 5.73 Å². The number of rotatable bonds is 5. The highest BCUT2D eigenvalue weighted by Gasteiger charge is 2.08. The summed E-state index contributed by atoms with van der Waals surface area (Å²) < 4.78 is 0. The fourth-order valence-corrected chi connectivity index (χ4v) is 2.69. The lowest BCUT2D eigenvalue weighted by Crippen LogP contribution is -2.21. The van der Waals surface area contributed by atoms with Crippen molar-refractivity contribution in [2.75, 3.05) is 0 Å². The maximum absolute atomic E-state index is 5.99. The van der Waals surface area contributed by atoms with Crippen LogP contribution < -0.4 is 5.73 Å². The van der Waals surface area contributed by atoms with Crippen molar-refractivity contribution >= 4 is 11.8 Å². The molecule has 1 heterocycles. The number of aromatic nitrogens is 3. The maximum atomic E-state index is 5.99. The average Bonchev–Trinajstić information content (AvgIpc) is 2.78. The molecule has 0 amide bonds. The smallest absolute Gasteiger partial charge is 0.213 e. The molecule has 102 valence electrons. The van der Waals surface area contributed by atoms with Crippen LogP contribution in [0.15, 0.2) is 28.3 Å². The Morgan fingerprint density at radius 3 is 2.74 bits per heavy atom. The van der Waals surface area contributed by atoms with E-state index in [2.05, 4.69) is 47.2 Å². The van der Waals surface area contributed by atoms with Crippen LogP contribution in [-0.2, 0) is 6.42 Å². The topological polar surface area (TPSA) is 67.6 Å². The number of hydrogen-bond acceptors (Lipinski definition) is 4. The molecular formula is C14H20N4S. The first-order chi connectivity index (χ1) is 9.08. The van der Waals surface area contributed by atoms with Gasteiger partial charge in [-0.15, -0.1) is 5.10 Å². The maximum Gasteiger partial charge on any atom is 0.213 e. The first-order valence-electron chi connectivity index (χ1n) is 6.50. The van der Waals surface area contributed by atoms with Crippen LogP contribution in [0.25, 0.3) is 0 Å². The Morgan fingerprint density at radius 1 is 1.37 bits per heavy atom. The van der Waals surface area contributed by atoms with Crippen molar-refractivity contribution in [3.8, 4) is 0 Å². The molecule has 1 aromatic carbocycles. The zero-order chi connectivity index (χ0) is 13.8. The van der Waals surface area contributed by atoms with Gasteiger partial charge in [0.1, 0.15) is 5.82 Å². The van der Waals surface area contributed by atoms with Crippen molar-refractivity contribution < 1.29 is 0 Å². The minimum absolute atomic E-state index is 0.244. The summed E-state index contributed by atoms with van der Waals surface area (Å²) in [6, 6.07) is 6.72. The van der Waals surface area contributed by atoms with Crippen LogP contribution in [-0.4, -0.2) is 21.2 Å². The molecule has 2 aromatic rings. The van der Waals surface area contributed by atoms with Crippen LogP contribution >= 0.6 is 11.8 Å². The van der Waals surface area contributed by atoms with E-state index in [0.29, 0.717) is 0 Å². The van der Waals surface area contributed by atoms with Gasteiger partial charge in [-0.1, -0.05) is 19.1 Å². The number of nitrogens with one attached hydrogen (secondary N) is 1. The standard InChI is InChI=1S/C14H20N4S/c1-4-12(15)8-11-5-6-13(9(2)7-11)19-14-16-10(3)17-18-14/h5-7,12H,4,8,15H2,1-3H3,(H,16,17,18). The Balaban J connectivity index is 2.10. The van der Waals surface area contributed by atoms with Crippen LogP contribution in [0.4, 0.5) is 0 Å². The van der Waals surface area contributed by atoms with E-state index in [1.54, 1.807) is 11.8 Å². The van der Waals surface area contributed by atoms with Gasteiger partial charge in [0.15, 0.2) is 0 Å². The molecular weight excluding hydrogens is 256 g/mol. The van der Waals surface area contributed by atoms with Crippen molar-refractivity contribution in [2.45, 2.75) is 49.7 Å². The van der Waals surface area contributed by atoms with Gasteiger partial charge < -0.3 is 5.73 Å². The molecule has 0 saturated heterocycles. The molecule has 1 atom stereocenters. The van der Waals surface area contributed by atoms with Gasteiger partial charge >= 0.3 is 0 Å². The van der Waals surface area contributed by atoms with E-state index in [-0.39, 0.29) is 6.04 Å². The van der Waals surface area contributed by atoms with E-state index in [1.807, 2.05) is 6.92 Å². The third-order valence-electron chi connectivity index (χ3n) is 3.04. The molecule has 2 rings (SSSR count). The fraction of sp³-hybridized carbons (Fsp3) is 0.429. The Bertz CT molecular complexity index is 550. The number of aromatic amines is 1. The van der Waals surface area contributed by atoms with Crippen molar-refractivity contribution in [1.82, 2.24) is 15.2 Å². The molecule has 5 heteroatoms. The molecule has 0 fully saturated rings. The first-order valence-corrected chi connectivity index (χ1v) is 7.32. The largest absolute Gasteiger partial charge is 0.327 e. The molecule has 0 radical (unpaired) electrons. The molecule has 0 aliphatic carbocycles. The van der Waals surface area contributed by atoms with Crippen LogP contribution in [0.3, 0.4) is 0 Å². The zero-order valence-corrected chi connectivity index (χ0v) is 12.4. The van der Waals surface area contributed by atoms with Gasteiger partial charge in [-0.25, -0.2) is 4.98 Å². The van der Waals surface area contributed by atoms with Crippen LogP contribution in [0.5, 0.6) is 0 Å². The summed E-state index contributed by atoms with van der Waals surface area (Å²) in [7, 11) is 0. The molecule has 3 N–H and O–H groups in total. The van der Waals surface area contributed by atoms with Crippen LogP contribution in [0.1, 0.15) is 30.3 Å². The second-order valence-corrected chi connectivity index (χ2v) is 5.79. The molecule has 4 nitrogen and oxygen atoms in total. The molecule has 1 aromatic heterocycles. The predicted octanol–water partition coefficient (Wildman–Crippen LogP) is 2.85. The summed E-state index contributed by atoms with van der Waals surface area (Å²) in [5, 5.41) is 7.76. The van der Waals surface area contributed by atoms with E-state index in [9.17, 15) is 0 Å². The van der Waals surface area contributed by atoms with Gasteiger partial charge in [0, 0.05) is 10.9 Å². The Kier molecular flexibility index (Phi) is 4.61. The highest BCUT2D eigenvalue weighted by Crippen LogP contribution is 2.28. The van der Waals surface area contributed by atoms with Gasteiger partial charge in [0.05, 0.1) is 0 Å². The molecule has 0 aliphatic heterocycles. The Morgan fingerprint density at radius 2 is 2.16 bits per heavy atom. The number of hydrogen-bond donors (Lipinski definition) is 2. The van der Waals surface area contributed by atoms with E-state index in [1.165, 1.54) is 16.0 Å². The summed E-state index contributed by atoms with van der Waals surface area (Å²) in [6.45, 7) is 6.13. The Hall–Kier alpha value is -1.33. The third-order valence-corrected chi connectivity index (χ3v) is 4.08. The Labute approximate surface area is 118 Å². The van der Waals surface area contributed by atoms with Gasteiger partial charge in [-0.05, 0) is 55.6 Å². The van der Waals surface area contributed by atoms with Crippen molar-refractivity contribution in [3.05, 3.63) is 35.2 Å². The number of aryl methyl sites for hydroxylation is 2. The molecule has 19 heavy (non-hydrogen) atoms. The lowest BCUT2D eigenvalue weighted by Gasteiger charge is -2.10. The number of benzene rings is 1. The first kappa shape index (κ1) is 14.1. The average molecular weight is 276 g/mol. The number of H-pyrrole nitrogens is 1. The lowest BCUT2D eigenvalue weighted by atomic mass is 10.0. The normalized spacial score (nSPS) is 12.6. The van der Waals surface area contributed by atoms with E-state index in [0.717, 1.165) is 23.8 Å². The summed E-state index contributed by atoms with van der Waals surface area (Å²) in [5.74, 6) is 0.839. The quantitative estimate of drug-likeness (QED) is 0.881. The monoisotopic (exact) mass is 276 g/mol. The van der Waals surface area contributed by atoms with Crippen molar-refractivity contribution in [3.63, 3.8) is 0 Å². The minimum atomic E-state index is 0.244. The second kappa shape index (κ2) is 6.21. The molecule has 0 bridgehead atoms. The van der Waals surface area contributed by atoms with Gasteiger partial charge in [-0.3, -0.25) is 5.10 Å². The molecule has 1 unspecified atom stereocenters. The second-order valence-electron chi connectivity index (χ2n) is 4.78. The number of nitrogens with two attached hydrogens (primary N) is 1. The summed E-state index contributed by atoms with van der Waals surface area (Å²) in [5.41, 5.74) is 8.53. The molecule has 0 spiro atoms. The zero-order valence-electron chi connectivity index (χ0n) is 11.6. The fourth-order valence-electron chi connectivity index (χ4n) is 1.87. The number of nitrogens with zero attached hydrogens (tertiary/aromatic N) is 2. The van der Waals surface area contributed by atoms with E-state index >= 15 is 0 Å². The molecule has 0 aliphatic rings. The summed E-state index contributed by atoms with van der Waals surface area (Å²) >= 11 is 1.58. The van der Waals surface area contributed by atoms with Gasteiger partial charge in [0.25, 0.3) is 0 Å². The van der Waals surface area contributed by atoms with E-state index < -0.39 is 0 Å². The summed E-state index contributed by atoms with van der Waals surface area (Å²) in [4.78, 5) is 5.50. The van der Waals surface area contributed by atoms with Gasteiger partial charge in [-0.2, -0.15) is 0 Å². The molecule has 0 saturated carbocycles.